The Morgan fingerprint density at radius 2 is 1.64 bits per heavy atom. The number of amides is 1. The van der Waals surface area contributed by atoms with Gasteiger partial charge in [0.1, 0.15) is 0 Å². The average Bonchev–Trinajstić information content (AvgIpc) is 2.00. The largest absolute Gasteiger partial charge is 0.463 e. The number of likely N-dealkylation sites (N-methyl/N-ethyl adjacent to an activating group) is 1. The van der Waals surface area contributed by atoms with Crippen molar-refractivity contribution in [3.63, 3.8) is 0 Å². The van der Waals surface area contributed by atoms with Crippen molar-refractivity contribution in [2.45, 2.75) is 0 Å². The van der Waals surface area contributed by atoms with Gasteiger partial charge >= 0.3 is 17.7 Å². The third-order valence-electron chi connectivity index (χ3n) is 0.971. The van der Waals surface area contributed by atoms with Crippen molar-refractivity contribution in [2.24, 2.45) is 0 Å². The van der Waals surface area contributed by atoms with Crippen molar-refractivity contribution < 1.29 is 19.1 Å². The molecule has 0 aliphatic carbocycles. The number of carbonyl (C=O) groups excluding carboxylic acids is 3. The minimum Gasteiger partial charge on any atom is -0.463 e. The quantitative estimate of drug-likeness (QED) is 0.289. The lowest BCUT2D eigenvalue weighted by atomic mass is 10.3. The molecular weight excluding hydrogens is 150 g/mol. The molecule has 0 saturated carbocycles. The molecule has 0 unspecified atom stereocenters. The van der Waals surface area contributed by atoms with Crippen LogP contribution in [0, 0.1) is 0 Å². The standard InChI is InChI=1S/C6H9NO4/c1-7(2)5(9)4(8)6(10)11-3/h1-3H3. The van der Waals surface area contributed by atoms with Gasteiger partial charge in [0.05, 0.1) is 7.11 Å². The van der Waals surface area contributed by atoms with E-state index in [4.69, 9.17) is 0 Å². The molecule has 0 aromatic rings. The monoisotopic (exact) mass is 159 g/mol. The zero-order valence-corrected chi connectivity index (χ0v) is 6.58. The van der Waals surface area contributed by atoms with E-state index in [0.717, 1.165) is 12.0 Å². The van der Waals surface area contributed by atoms with Crippen LogP contribution in [0.2, 0.25) is 0 Å². The molecule has 0 saturated heterocycles. The Morgan fingerprint density at radius 3 is 1.91 bits per heavy atom. The van der Waals surface area contributed by atoms with Crippen LogP contribution in [0.5, 0.6) is 0 Å². The fraction of sp³-hybridized carbons (Fsp3) is 0.500. The Bertz CT molecular complexity index is 197. The van der Waals surface area contributed by atoms with Crippen LogP contribution < -0.4 is 0 Å². The number of ether oxygens (including phenoxy) is 1. The molecule has 0 atom stereocenters. The van der Waals surface area contributed by atoms with E-state index < -0.39 is 17.7 Å². The number of hydrogen-bond donors (Lipinski definition) is 0. The third kappa shape index (κ3) is 2.37. The van der Waals surface area contributed by atoms with Gasteiger partial charge in [-0.2, -0.15) is 0 Å². The zero-order chi connectivity index (χ0) is 9.02. The second-order valence-electron chi connectivity index (χ2n) is 2.02. The summed E-state index contributed by atoms with van der Waals surface area (Å²) >= 11 is 0. The van der Waals surface area contributed by atoms with Crippen LogP contribution >= 0.6 is 0 Å². The number of rotatable bonds is 2. The summed E-state index contributed by atoms with van der Waals surface area (Å²) in [4.78, 5) is 32.8. The lowest BCUT2D eigenvalue weighted by molar-refractivity contribution is -0.157. The first-order valence-corrected chi connectivity index (χ1v) is 2.84. The molecule has 0 heterocycles. The molecule has 5 nitrogen and oxygen atoms in total. The summed E-state index contributed by atoms with van der Waals surface area (Å²) in [5.74, 6) is -3.17. The van der Waals surface area contributed by atoms with Gasteiger partial charge in [0.2, 0.25) is 0 Å². The molecule has 0 aromatic heterocycles. The summed E-state index contributed by atoms with van der Waals surface area (Å²) in [7, 11) is 3.80. The van der Waals surface area contributed by atoms with Gasteiger partial charge in [0.25, 0.3) is 0 Å². The number of esters is 1. The number of hydrogen-bond acceptors (Lipinski definition) is 4. The summed E-state index contributed by atoms with van der Waals surface area (Å²) in [6, 6.07) is 0. The number of ketones is 1. The van der Waals surface area contributed by atoms with E-state index in [1.807, 2.05) is 0 Å². The number of nitrogens with zero attached hydrogens (tertiary/aromatic N) is 1. The van der Waals surface area contributed by atoms with Gasteiger partial charge in [-0.15, -0.1) is 0 Å². The molecule has 5 heteroatoms. The molecule has 0 aromatic carbocycles. The Kier molecular flexibility index (Phi) is 3.23. The molecule has 0 fully saturated rings. The molecule has 0 aliphatic heterocycles. The molecule has 62 valence electrons. The second-order valence-corrected chi connectivity index (χ2v) is 2.02. The van der Waals surface area contributed by atoms with Crippen molar-refractivity contribution in [1.82, 2.24) is 4.90 Å². The summed E-state index contributed by atoms with van der Waals surface area (Å²) in [6.07, 6.45) is 0. The van der Waals surface area contributed by atoms with E-state index in [-0.39, 0.29) is 0 Å². The Labute approximate surface area is 63.9 Å². The Balaban J connectivity index is 4.26. The molecule has 0 rings (SSSR count). The van der Waals surface area contributed by atoms with Gasteiger partial charge in [-0.25, -0.2) is 4.79 Å². The third-order valence-corrected chi connectivity index (χ3v) is 0.971. The van der Waals surface area contributed by atoms with E-state index in [9.17, 15) is 14.4 Å². The van der Waals surface area contributed by atoms with Crippen LogP contribution in [-0.4, -0.2) is 43.8 Å². The minimum atomic E-state index is -1.16. The minimum absolute atomic E-state index is 0.878. The lowest BCUT2D eigenvalue weighted by Gasteiger charge is -2.06. The van der Waals surface area contributed by atoms with Crippen LogP contribution in [0.4, 0.5) is 0 Å². The first-order chi connectivity index (χ1) is 5.00. The van der Waals surface area contributed by atoms with Crippen molar-refractivity contribution >= 4 is 17.7 Å². The van der Waals surface area contributed by atoms with E-state index in [2.05, 4.69) is 4.74 Å². The van der Waals surface area contributed by atoms with Crippen molar-refractivity contribution in [2.75, 3.05) is 21.2 Å². The molecule has 0 aliphatic rings. The van der Waals surface area contributed by atoms with Crippen LogP contribution in [0.15, 0.2) is 0 Å². The van der Waals surface area contributed by atoms with Gasteiger partial charge in [-0.05, 0) is 0 Å². The van der Waals surface area contributed by atoms with Gasteiger partial charge in [-0.3, -0.25) is 9.59 Å². The van der Waals surface area contributed by atoms with Gasteiger partial charge in [0.15, 0.2) is 0 Å². The van der Waals surface area contributed by atoms with E-state index in [0.29, 0.717) is 0 Å². The number of methoxy groups -OCH3 is 1. The highest BCUT2D eigenvalue weighted by Crippen LogP contribution is 1.84. The van der Waals surface area contributed by atoms with Crippen molar-refractivity contribution in [1.29, 1.82) is 0 Å². The summed E-state index contributed by atoms with van der Waals surface area (Å²) < 4.78 is 4.05. The van der Waals surface area contributed by atoms with E-state index in [1.54, 1.807) is 0 Å². The van der Waals surface area contributed by atoms with Gasteiger partial charge in [-0.1, -0.05) is 0 Å². The van der Waals surface area contributed by atoms with Crippen LogP contribution in [0.25, 0.3) is 0 Å². The predicted octanol–water partition coefficient (Wildman–Crippen LogP) is -1.18. The Hall–Kier alpha value is -1.39. The maximum absolute atomic E-state index is 10.7. The topological polar surface area (TPSA) is 63.7 Å². The maximum Gasteiger partial charge on any atom is 0.384 e. The fourth-order valence-electron chi connectivity index (χ4n) is 0.383. The normalized spacial score (nSPS) is 8.64. The molecule has 11 heavy (non-hydrogen) atoms. The lowest BCUT2D eigenvalue weighted by Crippen LogP contribution is -2.35. The summed E-state index contributed by atoms with van der Waals surface area (Å²) in [5.41, 5.74) is 0. The fourth-order valence-corrected chi connectivity index (χ4v) is 0.383. The first kappa shape index (κ1) is 9.61. The molecule has 0 bridgehead atoms. The highest BCUT2D eigenvalue weighted by atomic mass is 16.5. The van der Waals surface area contributed by atoms with E-state index >= 15 is 0 Å². The molecule has 0 N–H and O–H groups in total. The highest BCUT2D eigenvalue weighted by Gasteiger charge is 2.24. The summed E-state index contributed by atoms with van der Waals surface area (Å²) in [6.45, 7) is 0. The maximum atomic E-state index is 10.7. The number of carbonyl (C=O) groups is 3. The molecular formula is C6H9NO4. The summed E-state index contributed by atoms with van der Waals surface area (Å²) in [5, 5.41) is 0. The molecule has 1 amide bonds. The van der Waals surface area contributed by atoms with Gasteiger partial charge in [0, 0.05) is 14.1 Å². The molecule has 0 radical (unpaired) electrons. The highest BCUT2D eigenvalue weighted by molar-refractivity contribution is 6.61. The van der Waals surface area contributed by atoms with Crippen molar-refractivity contribution in [3.8, 4) is 0 Å². The van der Waals surface area contributed by atoms with Crippen LogP contribution in [0.3, 0.4) is 0 Å². The first-order valence-electron chi connectivity index (χ1n) is 2.84. The molecule has 0 spiro atoms. The predicted molar refractivity (Wildman–Crippen MR) is 35.7 cm³/mol. The van der Waals surface area contributed by atoms with Crippen molar-refractivity contribution in [3.05, 3.63) is 0 Å². The average molecular weight is 159 g/mol. The Morgan fingerprint density at radius 1 is 1.18 bits per heavy atom. The SMILES string of the molecule is COC(=O)C(=O)C(=O)N(C)C. The van der Waals surface area contributed by atoms with Crippen LogP contribution in [-0.2, 0) is 19.1 Å². The zero-order valence-electron chi connectivity index (χ0n) is 6.58. The van der Waals surface area contributed by atoms with Crippen LogP contribution in [0.1, 0.15) is 0 Å². The second kappa shape index (κ2) is 3.70. The van der Waals surface area contributed by atoms with Gasteiger partial charge < -0.3 is 9.64 Å². The number of Topliss-reactive ketones (excluding diaryl/α,β-unsaturated/α-hetero) is 1. The van der Waals surface area contributed by atoms with E-state index in [1.165, 1.54) is 14.1 Å². The smallest absolute Gasteiger partial charge is 0.384 e.